The molecule has 0 saturated heterocycles. The number of nitro benzene ring substituents is 1. The molecule has 0 radical (unpaired) electrons. The molecule has 0 aliphatic carbocycles. The SMILES string of the molecule is O=C(OCCS(=O)(=O)CCCOCCc1ccccc1)c1ccc([N+](=O)[O-])cc1. The van der Waals surface area contributed by atoms with Crippen molar-refractivity contribution in [3.8, 4) is 0 Å². The summed E-state index contributed by atoms with van der Waals surface area (Å²) in [5.74, 6) is -1.05. The Morgan fingerprint density at radius 2 is 1.62 bits per heavy atom. The van der Waals surface area contributed by atoms with Crippen LogP contribution in [0.25, 0.3) is 0 Å². The van der Waals surface area contributed by atoms with E-state index >= 15 is 0 Å². The second kappa shape index (κ2) is 11.3. The Kier molecular flexibility index (Phi) is 8.75. The maximum Gasteiger partial charge on any atom is 0.338 e. The van der Waals surface area contributed by atoms with E-state index in [1.54, 1.807) is 0 Å². The van der Waals surface area contributed by atoms with Gasteiger partial charge in [-0.05, 0) is 30.5 Å². The number of esters is 1. The number of carbonyl (C=O) groups is 1. The van der Waals surface area contributed by atoms with Gasteiger partial charge in [0, 0.05) is 18.7 Å². The normalized spacial score (nSPS) is 11.2. The summed E-state index contributed by atoms with van der Waals surface area (Å²) < 4.78 is 34.4. The Bertz CT molecular complexity index is 896. The Labute approximate surface area is 169 Å². The highest BCUT2D eigenvalue weighted by molar-refractivity contribution is 7.91. The molecule has 0 aliphatic heterocycles. The Hall–Kier alpha value is -2.78. The molecule has 0 aromatic heterocycles. The summed E-state index contributed by atoms with van der Waals surface area (Å²) in [6, 6.07) is 14.8. The molecular weight excluding hydrogens is 398 g/mol. The molecular formula is C20H23NO7S. The lowest BCUT2D eigenvalue weighted by molar-refractivity contribution is -0.384. The topological polar surface area (TPSA) is 113 Å². The quantitative estimate of drug-likeness (QED) is 0.224. The zero-order valence-electron chi connectivity index (χ0n) is 15.9. The van der Waals surface area contributed by atoms with E-state index in [9.17, 15) is 23.3 Å². The maximum absolute atomic E-state index is 12.0. The van der Waals surface area contributed by atoms with Gasteiger partial charge in [0.25, 0.3) is 5.69 Å². The second-order valence-corrected chi connectivity index (χ2v) is 8.60. The standard InChI is InChI=1S/C20H23NO7S/c22-20(18-7-9-19(10-8-18)21(23)24)28-14-16-29(25,26)15-4-12-27-13-11-17-5-2-1-3-6-17/h1-3,5-10H,4,11-16H2. The molecule has 0 bridgehead atoms. The van der Waals surface area contributed by atoms with E-state index in [2.05, 4.69) is 0 Å². The third-order valence-corrected chi connectivity index (χ3v) is 5.76. The highest BCUT2D eigenvalue weighted by Crippen LogP contribution is 2.12. The fourth-order valence-corrected chi connectivity index (χ4v) is 3.58. The molecule has 0 N–H and O–H groups in total. The van der Waals surface area contributed by atoms with E-state index in [0.29, 0.717) is 19.6 Å². The van der Waals surface area contributed by atoms with Crippen LogP contribution in [0.4, 0.5) is 5.69 Å². The van der Waals surface area contributed by atoms with Crippen molar-refractivity contribution < 1.29 is 27.6 Å². The van der Waals surface area contributed by atoms with Crippen LogP contribution in [0.3, 0.4) is 0 Å². The molecule has 0 unspecified atom stereocenters. The average molecular weight is 421 g/mol. The van der Waals surface area contributed by atoms with Gasteiger partial charge in [-0.3, -0.25) is 10.1 Å². The molecule has 0 saturated carbocycles. The lowest BCUT2D eigenvalue weighted by atomic mass is 10.2. The van der Waals surface area contributed by atoms with Crippen LogP contribution in [0.2, 0.25) is 0 Å². The first-order valence-electron chi connectivity index (χ1n) is 9.11. The van der Waals surface area contributed by atoms with Crippen molar-refractivity contribution in [1.29, 1.82) is 0 Å². The first kappa shape index (κ1) is 22.5. The summed E-state index contributed by atoms with van der Waals surface area (Å²) in [6.07, 6.45) is 1.14. The summed E-state index contributed by atoms with van der Waals surface area (Å²) in [6.45, 7) is 0.596. The number of rotatable bonds is 12. The van der Waals surface area contributed by atoms with Gasteiger partial charge in [0.2, 0.25) is 0 Å². The number of nitrogens with zero attached hydrogens (tertiary/aromatic N) is 1. The molecule has 2 rings (SSSR count). The van der Waals surface area contributed by atoms with Crippen LogP contribution in [-0.4, -0.2) is 50.6 Å². The molecule has 0 heterocycles. The Morgan fingerprint density at radius 3 is 2.28 bits per heavy atom. The molecule has 0 fully saturated rings. The van der Waals surface area contributed by atoms with E-state index in [1.807, 2.05) is 30.3 Å². The van der Waals surface area contributed by atoms with E-state index in [0.717, 1.165) is 12.0 Å². The smallest absolute Gasteiger partial charge is 0.338 e. The average Bonchev–Trinajstić information content (AvgIpc) is 2.71. The summed E-state index contributed by atoms with van der Waals surface area (Å²) >= 11 is 0. The summed E-state index contributed by atoms with van der Waals surface area (Å²) in [7, 11) is -3.36. The lowest BCUT2D eigenvalue weighted by Gasteiger charge is -2.07. The number of hydrogen-bond acceptors (Lipinski definition) is 7. The molecule has 0 amide bonds. The van der Waals surface area contributed by atoms with Crippen LogP contribution in [-0.2, 0) is 25.7 Å². The number of nitro groups is 1. The lowest BCUT2D eigenvalue weighted by Crippen LogP contribution is -2.19. The largest absolute Gasteiger partial charge is 0.461 e. The van der Waals surface area contributed by atoms with Crippen molar-refractivity contribution in [2.75, 3.05) is 31.3 Å². The molecule has 2 aromatic rings. The minimum atomic E-state index is -3.36. The fourth-order valence-electron chi connectivity index (χ4n) is 2.48. The number of non-ortho nitro benzene ring substituents is 1. The number of hydrogen-bond donors (Lipinski definition) is 0. The second-order valence-electron chi connectivity index (χ2n) is 6.29. The van der Waals surface area contributed by atoms with Crippen LogP contribution in [0.15, 0.2) is 54.6 Å². The van der Waals surface area contributed by atoms with Gasteiger partial charge in [0.15, 0.2) is 9.84 Å². The van der Waals surface area contributed by atoms with Gasteiger partial charge < -0.3 is 9.47 Å². The first-order valence-corrected chi connectivity index (χ1v) is 10.9. The number of benzene rings is 2. The van der Waals surface area contributed by atoms with E-state index < -0.39 is 20.7 Å². The van der Waals surface area contributed by atoms with Crippen LogP contribution >= 0.6 is 0 Å². The van der Waals surface area contributed by atoms with Crippen molar-refractivity contribution in [3.05, 3.63) is 75.8 Å². The first-order chi connectivity index (χ1) is 13.9. The van der Waals surface area contributed by atoms with E-state index in [1.165, 1.54) is 24.3 Å². The van der Waals surface area contributed by atoms with Gasteiger partial charge in [-0.1, -0.05) is 30.3 Å². The molecule has 2 aromatic carbocycles. The zero-order chi connectivity index (χ0) is 21.1. The highest BCUT2D eigenvalue weighted by atomic mass is 32.2. The van der Waals surface area contributed by atoms with Crippen molar-refractivity contribution >= 4 is 21.5 Å². The number of sulfone groups is 1. The van der Waals surface area contributed by atoms with Crippen LogP contribution in [0, 0.1) is 10.1 Å². The van der Waals surface area contributed by atoms with Crippen molar-refractivity contribution in [3.63, 3.8) is 0 Å². The summed E-state index contributed by atoms with van der Waals surface area (Å²) in [5, 5.41) is 10.6. The minimum Gasteiger partial charge on any atom is -0.461 e. The van der Waals surface area contributed by atoms with Gasteiger partial charge in [-0.25, -0.2) is 13.2 Å². The van der Waals surface area contributed by atoms with Crippen LogP contribution in [0.1, 0.15) is 22.3 Å². The molecule has 0 atom stereocenters. The summed E-state index contributed by atoms with van der Waals surface area (Å²) in [5.41, 5.74) is 1.14. The van der Waals surface area contributed by atoms with Crippen LogP contribution < -0.4 is 0 Å². The van der Waals surface area contributed by atoms with Crippen LogP contribution in [0.5, 0.6) is 0 Å². The molecule has 29 heavy (non-hydrogen) atoms. The van der Waals surface area contributed by atoms with Gasteiger partial charge in [-0.2, -0.15) is 0 Å². The third kappa shape index (κ3) is 8.41. The fraction of sp³-hybridized carbons (Fsp3) is 0.350. The number of carbonyl (C=O) groups excluding carboxylic acids is 1. The minimum absolute atomic E-state index is 0.0482. The zero-order valence-corrected chi connectivity index (χ0v) is 16.7. The molecule has 0 aliphatic rings. The monoisotopic (exact) mass is 421 g/mol. The Balaban J connectivity index is 1.61. The molecule has 8 nitrogen and oxygen atoms in total. The third-order valence-electron chi connectivity index (χ3n) is 4.06. The van der Waals surface area contributed by atoms with Gasteiger partial charge in [-0.15, -0.1) is 0 Å². The van der Waals surface area contributed by atoms with E-state index in [-0.39, 0.29) is 29.4 Å². The summed E-state index contributed by atoms with van der Waals surface area (Å²) in [4.78, 5) is 21.9. The highest BCUT2D eigenvalue weighted by Gasteiger charge is 2.14. The Morgan fingerprint density at radius 1 is 0.931 bits per heavy atom. The number of ether oxygens (including phenoxy) is 2. The van der Waals surface area contributed by atoms with Gasteiger partial charge in [0.1, 0.15) is 6.61 Å². The van der Waals surface area contributed by atoms with Crippen molar-refractivity contribution in [2.45, 2.75) is 12.8 Å². The molecule has 9 heteroatoms. The predicted octanol–water partition coefficient (Wildman–Crippen LogP) is 2.82. The molecule has 156 valence electrons. The molecule has 0 spiro atoms. The predicted molar refractivity (Wildman–Crippen MR) is 108 cm³/mol. The maximum atomic E-state index is 12.0. The van der Waals surface area contributed by atoms with Crippen molar-refractivity contribution in [2.24, 2.45) is 0 Å². The van der Waals surface area contributed by atoms with E-state index in [4.69, 9.17) is 9.47 Å². The van der Waals surface area contributed by atoms with Gasteiger partial charge >= 0.3 is 5.97 Å². The van der Waals surface area contributed by atoms with Gasteiger partial charge in [0.05, 0.1) is 28.6 Å². The van der Waals surface area contributed by atoms with Crippen molar-refractivity contribution in [1.82, 2.24) is 0 Å².